The van der Waals surface area contributed by atoms with Gasteiger partial charge in [0, 0.05) is 5.38 Å². The number of ether oxygens (including phenoxy) is 1. The molecule has 5 heteroatoms. The van der Waals surface area contributed by atoms with Gasteiger partial charge in [0.1, 0.15) is 16.5 Å². The van der Waals surface area contributed by atoms with Crippen molar-refractivity contribution >= 4 is 17.2 Å². The van der Waals surface area contributed by atoms with Gasteiger partial charge in [-0.15, -0.1) is 11.3 Å². The molecule has 2 N–H and O–H groups in total. The van der Waals surface area contributed by atoms with Crippen molar-refractivity contribution in [3.63, 3.8) is 0 Å². The van der Waals surface area contributed by atoms with Crippen LogP contribution >= 0.6 is 11.3 Å². The molecule has 0 unspecified atom stereocenters. The molecule has 0 aliphatic rings. The van der Waals surface area contributed by atoms with Crippen molar-refractivity contribution in [2.24, 2.45) is 5.73 Å². The van der Waals surface area contributed by atoms with Crippen molar-refractivity contribution in [1.29, 1.82) is 0 Å². The number of primary amides is 1. The van der Waals surface area contributed by atoms with Crippen LogP contribution in [-0.2, 0) is 6.42 Å². The van der Waals surface area contributed by atoms with Gasteiger partial charge in [-0.3, -0.25) is 4.79 Å². The van der Waals surface area contributed by atoms with E-state index in [-0.39, 0.29) is 0 Å². The average molecular weight is 262 g/mol. The van der Waals surface area contributed by atoms with E-state index in [1.807, 2.05) is 18.2 Å². The van der Waals surface area contributed by atoms with E-state index >= 15 is 0 Å². The zero-order valence-corrected chi connectivity index (χ0v) is 11.1. The molecule has 0 saturated heterocycles. The zero-order valence-electron chi connectivity index (χ0n) is 10.3. The van der Waals surface area contributed by atoms with Crippen LogP contribution in [0.5, 0.6) is 5.75 Å². The van der Waals surface area contributed by atoms with Crippen molar-refractivity contribution in [2.75, 3.05) is 7.11 Å². The Morgan fingerprint density at radius 2 is 2.28 bits per heavy atom. The third kappa shape index (κ3) is 2.36. The quantitative estimate of drug-likeness (QED) is 0.920. The molecule has 0 bridgehead atoms. The lowest BCUT2D eigenvalue weighted by atomic mass is 10.1. The first kappa shape index (κ1) is 12.6. The third-order valence-electron chi connectivity index (χ3n) is 2.66. The molecule has 2 aromatic rings. The predicted molar refractivity (Wildman–Crippen MR) is 72.0 cm³/mol. The smallest absolute Gasteiger partial charge is 0.268 e. The average Bonchev–Trinajstić information content (AvgIpc) is 2.87. The van der Waals surface area contributed by atoms with Gasteiger partial charge in [0.05, 0.1) is 12.7 Å². The van der Waals surface area contributed by atoms with E-state index in [9.17, 15) is 4.79 Å². The number of hydrogen-bond acceptors (Lipinski definition) is 4. The minimum atomic E-state index is -0.511. The van der Waals surface area contributed by atoms with Gasteiger partial charge in [0.15, 0.2) is 0 Å². The maximum Gasteiger partial charge on any atom is 0.268 e. The molecule has 18 heavy (non-hydrogen) atoms. The van der Waals surface area contributed by atoms with Crippen LogP contribution in [-0.4, -0.2) is 18.0 Å². The number of benzene rings is 1. The molecule has 1 amide bonds. The van der Waals surface area contributed by atoms with Gasteiger partial charge in [0.25, 0.3) is 5.91 Å². The van der Waals surface area contributed by atoms with Gasteiger partial charge in [0.2, 0.25) is 0 Å². The Hall–Kier alpha value is -1.88. The molecule has 1 heterocycles. The molecular weight excluding hydrogens is 248 g/mol. The summed E-state index contributed by atoms with van der Waals surface area (Å²) < 4.78 is 5.32. The summed E-state index contributed by atoms with van der Waals surface area (Å²) >= 11 is 1.39. The lowest BCUT2D eigenvalue weighted by Gasteiger charge is -2.07. The van der Waals surface area contributed by atoms with E-state index in [1.54, 1.807) is 12.5 Å². The molecule has 2 rings (SSSR count). The predicted octanol–water partition coefficient (Wildman–Crippen LogP) is 2.48. The van der Waals surface area contributed by atoms with Gasteiger partial charge in [-0.2, -0.15) is 0 Å². The fourth-order valence-electron chi connectivity index (χ4n) is 1.65. The van der Waals surface area contributed by atoms with Crippen molar-refractivity contribution in [2.45, 2.75) is 13.3 Å². The summed E-state index contributed by atoms with van der Waals surface area (Å²) in [6.45, 7) is 2.09. The number of methoxy groups -OCH3 is 1. The third-order valence-corrected chi connectivity index (χ3v) is 3.53. The normalized spacial score (nSPS) is 10.3. The van der Waals surface area contributed by atoms with Crippen LogP contribution in [0, 0.1) is 0 Å². The van der Waals surface area contributed by atoms with Crippen LogP contribution in [0.15, 0.2) is 23.6 Å². The maximum absolute atomic E-state index is 11.1. The van der Waals surface area contributed by atoms with Gasteiger partial charge in [-0.25, -0.2) is 4.98 Å². The Bertz CT molecular complexity index is 578. The molecule has 1 aromatic carbocycles. The number of nitrogens with two attached hydrogens (primary N) is 1. The second-order valence-electron chi connectivity index (χ2n) is 3.79. The van der Waals surface area contributed by atoms with Crippen LogP contribution in [0.3, 0.4) is 0 Å². The lowest BCUT2D eigenvalue weighted by Crippen LogP contribution is -2.10. The Morgan fingerprint density at radius 1 is 1.50 bits per heavy atom. The SMILES string of the molecule is CCc1ccc(OC)c(-c2nc(C(N)=O)cs2)c1. The number of carbonyl (C=O) groups excluding carboxylic acids is 1. The van der Waals surface area contributed by atoms with Crippen LogP contribution in [0.25, 0.3) is 10.6 Å². The first-order valence-corrected chi connectivity index (χ1v) is 6.46. The highest BCUT2D eigenvalue weighted by molar-refractivity contribution is 7.13. The molecule has 0 aliphatic carbocycles. The Labute approximate surface area is 109 Å². The molecule has 0 spiro atoms. The highest BCUT2D eigenvalue weighted by Gasteiger charge is 2.13. The number of aromatic nitrogens is 1. The van der Waals surface area contributed by atoms with E-state index in [2.05, 4.69) is 11.9 Å². The molecule has 94 valence electrons. The number of carbonyl (C=O) groups is 1. The minimum Gasteiger partial charge on any atom is -0.496 e. The van der Waals surface area contributed by atoms with E-state index < -0.39 is 5.91 Å². The monoisotopic (exact) mass is 262 g/mol. The Morgan fingerprint density at radius 3 is 2.83 bits per heavy atom. The van der Waals surface area contributed by atoms with E-state index in [0.717, 1.165) is 22.7 Å². The van der Waals surface area contributed by atoms with Crippen LogP contribution in [0.1, 0.15) is 23.0 Å². The van der Waals surface area contributed by atoms with Gasteiger partial charge in [-0.1, -0.05) is 13.0 Å². The second kappa shape index (κ2) is 5.18. The number of rotatable bonds is 4. The van der Waals surface area contributed by atoms with Crippen molar-refractivity contribution in [3.8, 4) is 16.3 Å². The number of amides is 1. The summed E-state index contributed by atoms with van der Waals surface area (Å²) in [5.74, 6) is 0.237. The highest BCUT2D eigenvalue weighted by Crippen LogP contribution is 2.33. The standard InChI is InChI=1S/C13H14N2O2S/c1-3-8-4-5-11(17-2)9(6-8)13-15-10(7-18-13)12(14)16/h4-7H,3H2,1-2H3,(H2,14,16). The summed E-state index contributed by atoms with van der Waals surface area (Å²) in [5, 5.41) is 2.41. The first-order valence-electron chi connectivity index (χ1n) is 5.58. The second-order valence-corrected chi connectivity index (χ2v) is 4.65. The maximum atomic E-state index is 11.1. The number of thiazole rings is 1. The zero-order chi connectivity index (χ0) is 13.1. The summed E-state index contributed by atoms with van der Waals surface area (Å²) in [7, 11) is 1.62. The topological polar surface area (TPSA) is 65.2 Å². The highest BCUT2D eigenvalue weighted by atomic mass is 32.1. The Balaban J connectivity index is 2.50. The summed E-state index contributed by atoms with van der Waals surface area (Å²) in [6, 6.07) is 5.97. The molecule has 0 aliphatic heterocycles. The van der Waals surface area contributed by atoms with Crippen molar-refractivity contribution in [3.05, 3.63) is 34.8 Å². The molecular formula is C13H14N2O2S. The first-order chi connectivity index (χ1) is 8.65. The lowest BCUT2D eigenvalue weighted by molar-refractivity contribution is 0.0996. The van der Waals surface area contributed by atoms with Gasteiger partial charge >= 0.3 is 0 Å². The van der Waals surface area contributed by atoms with Crippen LogP contribution in [0.2, 0.25) is 0 Å². The molecule has 0 fully saturated rings. The van der Waals surface area contributed by atoms with E-state index in [4.69, 9.17) is 10.5 Å². The minimum absolute atomic E-state index is 0.291. The van der Waals surface area contributed by atoms with Crippen molar-refractivity contribution < 1.29 is 9.53 Å². The fourth-order valence-corrected chi connectivity index (χ4v) is 2.48. The molecule has 0 radical (unpaired) electrons. The van der Waals surface area contributed by atoms with Gasteiger partial charge in [-0.05, 0) is 24.1 Å². The fraction of sp³-hybridized carbons (Fsp3) is 0.231. The summed E-state index contributed by atoms with van der Waals surface area (Å²) in [5.41, 5.74) is 7.59. The molecule has 1 aromatic heterocycles. The summed E-state index contributed by atoms with van der Waals surface area (Å²) in [6.07, 6.45) is 0.936. The van der Waals surface area contributed by atoms with E-state index in [1.165, 1.54) is 16.9 Å². The number of nitrogens with zero attached hydrogens (tertiary/aromatic N) is 1. The Kier molecular flexibility index (Phi) is 3.62. The van der Waals surface area contributed by atoms with Gasteiger partial charge < -0.3 is 10.5 Å². The van der Waals surface area contributed by atoms with E-state index in [0.29, 0.717) is 5.69 Å². The summed E-state index contributed by atoms with van der Waals surface area (Å²) in [4.78, 5) is 15.3. The van der Waals surface area contributed by atoms with Crippen molar-refractivity contribution in [1.82, 2.24) is 4.98 Å². The van der Waals surface area contributed by atoms with Crippen LogP contribution < -0.4 is 10.5 Å². The number of aryl methyl sites for hydroxylation is 1. The molecule has 0 atom stereocenters. The molecule has 4 nitrogen and oxygen atoms in total. The largest absolute Gasteiger partial charge is 0.496 e. The number of hydrogen-bond donors (Lipinski definition) is 1. The molecule has 0 saturated carbocycles. The van der Waals surface area contributed by atoms with Crippen LogP contribution in [0.4, 0.5) is 0 Å².